The second-order valence-electron chi connectivity index (χ2n) is 5.07. The van der Waals surface area contributed by atoms with E-state index in [2.05, 4.69) is 5.32 Å². The summed E-state index contributed by atoms with van der Waals surface area (Å²) < 4.78 is 11.1. The fraction of sp³-hybridized carbons (Fsp3) is 0.562. The van der Waals surface area contributed by atoms with Crippen molar-refractivity contribution in [1.82, 2.24) is 10.2 Å². The molecule has 1 aliphatic rings. The van der Waals surface area contributed by atoms with Crippen LogP contribution in [0, 0.1) is 0 Å². The van der Waals surface area contributed by atoms with Crippen LogP contribution in [-0.4, -0.2) is 43.7 Å². The molecule has 1 heterocycles. The Morgan fingerprint density at radius 2 is 1.90 bits per heavy atom. The zero-order chi connectivity index (χ0) is 15.2. The molecule has 1 aliphatic heterocycles. The average Bonchev–Trinajstić information content (AvgIpc) is 2.53. The number of hydrogen-bond donors (Lipinski definition) is 1. The maximum Gasteiger partial charge on any atom is 0.236 e. The monoisotopic (exact) mass is 292 g/mol. The summed E-state index contributed by atoms with van der Waals surface area (Å²) in [6, 6.07) is 6.00. The van der Waals surface area contributed by atoms with Gasteiger partial charge >= 0.3 is 0 Å². The zero-order valence-electron chi connectivity index (χ0n) is 13.0. The minimum atomic E-state index is 0.0836. The molecule has 116 valence electrons. The molecule has 1 amide bonds. The van der Waals surface area contributed by atoms with Crippen LogP contribution >= 0.6 is 0 Å². The molecule has 0 bridgehead atoms. The lowest BCUT2D eigenvalue weighted by Crippen LogP contribution is -2.38. The van der Waals surface area contributed by atoms with Gasteiger partial charge in [-0.3, -0.25) is 4.79 Å². The summed E-state index contributed by atoms with van der Waals surface area (Å²) in [6.07, 6.45) is 0. The first-order valence-corrected chi connectivity index (χ1v) is 7.56. The van der Waals surface area contributed by atoms with Crippen LogP contribution < -0.4 is 14.8 Å². The van der Waals surface area contributed by atoms with E-state index in [1.807, 2.05) is 43.9 Å². The number of nitrogens with zero attached hydrogens (tertiary/aromatic N) is 1. The third kappa shape index (κ3) is 3.88. The molecule has 0 aliphatic carbocycles. The summed E-state index contributed by atoms with van der Waals surface area (Å²) in [6.45, 7) is 9.04. The van der Waals surface area contributed by atoms with Crippen LogP contribution in [0.15, 0.2) is 18.2 Å². The first-order valence-electron chi connectivity index (χ1n) is 7.56. The average molecular weight is 292 g/mol. The van der Waals surface area contributed by atoms with Crippen molar-refractivity contribution in [2.45, 2.75) is 26.8 Å². The van der Waals surface area contributed by atoms with Gasteiger partial charge in [0.25, 0.3) is 0 Å². The molecule has 0 saturated carbocycles. The number of amides is 1. The Labute approximate surface area is 126 Å². The van der Waals surface area contributed by atoms with E-state index in [-0.39, 0.29) is 11.9 Å². The van der Waals surface area contributed by atoms with E-state index >= 15 is 0 Å². The van der Waals surface area contributed by atoms with Crippen molar-refractivity contribution in [3.05, 3.63) is 23.8 Å². The maximum absolute atomic E-state index is 12.0. The number of benzene rings is 1. The van der Waals surface area contributed by atoms with Gasteiger partial charge in [-0.15, -0.1) is 0 Å². The van der Waals surface area contributed by atoms with Gasteiger partial charge in [0.2, 0.25) is 5.91 Å². The maximum atomic E-state index is 12.0. The Balaban J connectivity index is 1.94. The molecule has 0 saturated heterocycles. The number of fused-ring (bicyclic) bond motifs is 1. The molecule has 0 radical (unpaired) electrons. The third-order valence-electron chi connectivity index (χ3n) is 3.74. The molecular formula is C16H24N2O3. The SMILES string of the molecule is CCN(CC)C(=O)CNC(C)c1ccc2c(c1)OCCO2. The van der Waals surface area contributed by atoms with Crippen molar-refractivity contribution in [1.29, 1.82) is 0 Å². The van der Waals surface area contributed by atoms with Crippen molar-refractivity contribution in [3.8, 4) is 11.5 Å². The lowest BCUT2D eigenvalue weighted by atomic mass is 10.1. The van der Waals surface area contributed by atoms with E-state index < -0.39 is 0 Å². The van der Waals surface area contributed by atoms with E-state index in [0.29, 0.717) is 19.8 Å². The molecule has 0 aromatic heterocycles. The number of likely N-dealkylation sites (N-methyl/N-ethyl adjacent to an activating group) is 1. The number of ether oxygens (including phenoxy) is 2. The van der Waals surface area contributed by atoms with E-state index in [9.17, 15) is 4.79 Å². The number of carbonyl (C=O) groups is 1. The van der Waals surface area contributed by atoms with Crippen LogP contribution in [0.1, 0.15) is 32.4 Å². The smallest absolute Gasteiger partial charge is 0.236 e. The van der Waals surface area contributed by atoms with Crippen molar-refractivity contribution in [3.63, 3.8) is 0 Å². The lowest BCUT2D eigenvalue weighted by Gasteiger charge is -2.22. The molecule has 1 unspecified atom stereocenters. The van der Waals surface area contributed by atoms with Crippen molar-refractivity contribution < 1.29 is 14.3 Å². The van der Waals surface area contributed by atoms with E-state index in [1.54, 1.807) is 0 Å². The number of carbonyl (C=O) groups excluding carboxylic acids is 1. The predicted octanol–water partition coefficient (Wildman–Crippen LogP) is 1.98. The van der Waals surface area contributed by atoms with E-state index in [4.69, 9.17) is 9.47 Å². The Morgan fingerprint density at radius 3 is 2.57 bits per heavy atom. The topological polar surface area (TPSA) is 50.8 Å². The van der Waals surface area contributed by atoms with Gasteiger partial charge < -0.3 is 19.7 Å². The van der Waals surface area contributed by atoms with E-state index in [1.165, 1.54) is 0 Å². The second kappa shape index (κ2) is 7.31. The number of nitrogens with one attached hydrogen (secondary N) is 1. The van der Waals surface area contributed by atoms with Crippen LogP contribution in [-0.2, 0) is 4.79 Å². The minimum absolute atomic E-state index is 0.0836. The molecule has 5 heteroatoms. The predicted molar refractivity (Wildman–Crippen MR) is 81.8 cm³/mol. The Kier molecular flexibility index (Phi) is 5.44. The number of rotatable bonds is 6. The second-order valence-corrected chi connectivity index (χ2v) is 5.07. The normalized spacial score (nSPS) is 14.6. The molecule has 0 spiro atoms. The Bertz CT molecular complexity index is 486. The molecule has 1 aromatic carbocycles. The van der Waals surface area contributed by atoms with Gasteiger partial charge in [0, 0.05) is 19.1 Å². The van der Waals surface area contributed by atoms with Crippen molar-refractivity contribution in [2.75, 3.05) is 32.8 Å². The quantitative estimate of drug-likeness (QED) is 0.871. The van der Waals surface area contributed by atoms with Crippen LogP contribution in [0.4, 0.5) is 0 Å². The van der Waals surface area contributed by atoms with Crippen LogP contribution in [0.3, 0.4) is 0 Å². The Hall–Kier alpha value is -1.75. The van der Waals surface area contributed by atoms with Crippen LogP contribution in [0.2, 0.25) is 0 Å². The highest BCUT2D eigenvalue weighted by molar-refractivity contribution is 5.78. The summed E-state index contributed by atoms with van der Waals surface area (Å²) in [5.74, 6) is 1.70. The fourth-order valence-electron chi connectivity index (χ4n) is 2.38. The Morgan fingerprint density at radius 1 is 1.24 bits per heavy atom. The molecule has 1 atom stereocenters. The molecule has 0 fully saturated rings. The lowest BCUT2D eigenvalue weighted by molar-refractivity contribution is -0.129. The summed E-state index contributed by atoms with van der Waals surface area (Å²) >= 11 is 0. The molecule has 1 aromatic rings. The minimum Gasteiger partial charge on any atom is -0.486 e. The van der Waals surface area contributed by atoms with Gasteiger partial charge in [-0.1, -0.05) is 6.07 Å². The number of hydrogen-bond acceptors (Lipinski definition) is 4. The first-order chi connectivity index (χ1) is 10.2. The summed E-state index contributed by atoms with van der Waals surface area (Å²) in [5.41, 5.74) is 1.09. The van der Waals surface area contributed by atoms with Gasteiger partial charge in [0.15, 0.2) is 11.5 Å². The molecule has 1 N–H and O–H groups in total. The molecular weight excluding hydrogens is 268 g/mol. The third-order valence-corrected chi connectivity index (χ3v) is 3.74. The van der Waals surface area contributed by atoms with Crippen molar-refractivity contribution in [2.24, 2.45) is 0 Å². The van der Waals surface area contributed by atoms with Crippen LogP contribution in [0.5, 0.6) is 11.5 Å². The highest BCUT2D eigenvalue weighted by atomic mass is 16.6. The standard InChI is InChI=1S/C16H24N2O3/c1-4-18(5-2)16(19)11-17-12(3)13-6-7-14-15(10-13)21-9-8-20-14/h6-7,10,12,17H,4-5,8-9,11H2,1-3H3. The highest BCUT2D eigenvalue weighted by Gasteiger charge is 2.16. The molecule has 21 heavy (non-hydrogen) atoms. The fourth-order valence-corrected chi connectivity index (χ4v) is 2.38. The van der Waals surface area contributed by atoms with Crippen molar-refractivity contribution >= 4 is 5.91 Å². The summed E-state index contributed by atoms with van der Waals surface area (Å²) in [5, 5.41) is 3.27. The van der Waals surface area contributed by atoms with Gasteiger partial charge in [0.05, 0.1) is 6.54 Å². The van der Waals surface area contributed by atoms with E-state index in [0.717, 1.165) is 30.2 Å². The van der Waals surface area contributed by atoms with Gasteiger partial charge in [-0.25, -0.2) is 0 Å². The largest absolute Gasteiger partial charge is 0.486 e. The summed E-state index contributed by atoms with van der Waals surface area (Å²) in [7, 11) is 0. The van der Waals surface area contributed by atoms with Gasteiger partial charge in [0.1, 0.15) is 13.2 Å². The summed E-state index contributed by atoms with van der Waals surface area (Å²) in [4.78, 5) is 13.8. The first kappa shape index (κ1) is 15.6. The molecule has 2 rings (SSSR count). The van der Waals surface area contributed by atoms with Gasteiger partial charge in [-0.2, -0.15) is 0 Å². The zero-order valence-corrected chi connectivity index (χ0v) is 13.0. The van der Waals surface area contributed by atoms with Crippen LogP contribution in [0.25, 0.3) is 0 Å². The molecule has 5 nitrogen and oxygen atoms in total. The highest BCUT2D eigenvalue weighted by Crippen LogP contribution is 2.32. The van der Waals surface area contributed by atoms with Gasteiger partial charge in [-0.05, 0) is 38.5 Å².